The molecule has 1 unspecified atom stereocenters. The Morgan fingerprint density at radius 3 is 2.78 bits per heavy atom. The van der Waals surface area contributed by atoms with Crippen molar-refractivity contribution < 1.29 is 8.42 Å². The number of hydrogen-bond acceptors (Lipinski definition) is 4. The van der Waals surface area contributed by atoms with Crippen molar-refractivity contribution in [1.82, 2.24) is 4.90 Å². The van der Waals surface area contributed by atoms with Gasteiger partial charge in [-0.25, -0.2) is 8.42 Å². The predicted molar refractivity (Wildman–Crippen MR) is 77.1 cm³/mol. The molecule has 0 radical (unpaired) electrons. The van der Waals surface area contributed by atoms with Gasteiger partial charge in [-0.05, 0) is 47.1 Å². The van der Waals surface area contributed by atoms with Gasteiger partial charge in [0.1, 0.15) is 0 Å². The molecule has 0 saturated carbocycles. The Hall–Kier alpha value is -0.590. The van der Waals surface area contributed by atoms with Gasteiger partial charge < -0.3 is 5.73 Å². The van der Waals surface area contributed by atoms with Crippen molar-refractivity contribution in [3.8, 4) is 0 Å². The van der Waals surface area contributed by atoms with Crippen LogP contribution in [0, 0.1) is 0 Å². The van der Waals surface area contributed by atoms with Crippen molar-refractivity contribution >= 4 is 31.5 Å². The summed E-state index contributed by atoms with van der Waals surface area (Å²) in [5, 5.41) is 0. The summed E-state index contributed by atoms with van der Waals surface area (Å²) in [5.41, 5.74) is 7.58. The molecule has 2 rings (SSSR count). The molecule has 1 aliphatic heterocycles. The molecule has 0 aliphatic carbocycles. The fraction of sp³-hybridized carbons (Fsp3) is 0.500. The highest BCUT2D eigenvalue weighted by atomic mass is 79.9. The number of benzene rings is 1. The zero-order valence-corrected chi connectivity index (χ0v) is 12.7. The first-order chi connectivity index (χ1) is 8.37. The van der Waals surface area contributed by atoms with Crippen LogP contribution in [-0.2, 0) is 16.4 Å². The van der Waals surface area contributed by atoms with Crippen LogP contribution in [0.3, 0.4) is 0 Å². The van der Waals surface area contributed by atoms with E-state index in [1.807, 2.05) is 25.2 Å². The molecule has 18 heavy (non-hydrogen) atoms. The van der Waals surface area contributed by atoms with Gasteiger partial charge in [-0.15, -0.1) is 0 Å². The molecule has 1 aliphatic rings. The highest BCUT2D eigenvalue weighted by Crippen LogP contribution is 2.23. The summed E-state index contributed by atoms with van der Waals surface area (Å²) in [4.78, 5) is 2.10. The molecule has 0 bridgehead atoms. The number of halogens is 1. The highest BCUT2D eigenvalue weighted by molar-refractivity contribution is 9.10. The van der Waals surface area contributed by atoms with Gasteiger partial charge in [0.25, 0.3) is 0 Å². The van der Waals surface area contributed by atoms with Crippen LogP contribution in [0.4, 0.5) is 5.69 Å². The molecular formula is C12H17BrN2O2S. The Morgan fingerprint density at radius 1 is 1.50 bits per heavy atom. The number of nitrogens with zero attached hydrogens (tertiary/aromatic N) is 1. The van der Waals surface area contributed by atoms with E-state index in [1.54, 1.807) is 0 Å². The quantitative estimate of drug-likeness (QED) is 0.855. The Balaban J connectivity index is 2.03. The van der Waals surface area contributed by atoms with Crippen molar-refractivity contribution in [3.63, 3.8) is 0 Å². The first kappa shape index (κ1) is 13.8. The van der Waals surface area contributed by atoms with Gasteiger partial charge in [0.2, 0.25) is 0 Å². The summed E-state index contributed by atoms with van der Waals surface area (Å²) < 4.78 is 23.8. The molecule has 100 valence electrons. The molecule has 1 fully saturated rings. The van der Waals surface area contributed by atoms with E-state index < -0.39 is 9.84 Å². The van der Waals surface area contributed by atoms with Crippen molar-refractivity contribution in [2.45, 2.75) is 19.0 Å². The van der Waals surface area contributed by atoms with Gasteiger partial charge in [0.05, 0.1) is 11.5 Å². The topological polar surface area (TPSA) is 63.4 Å². The summed E-state index contributed by atoms with van der Waals surface area (Å²) >= 11 is 3.40. The first-order valence-electron chi connectivity index (χ1n) is 5.82. The third-order valence-corrected chi connectivity index (χ3v) is 5.77. The minimum absolute atomic E-state index is 0.131. The van der Waals surface area contributed by atoms with Crippen LogP contribution in [-0.4, -0.2) is 37.9 Å². The van der Waals surface area contributed by atoms with Gasteiger partial charge in [0.15, 0.2) is 9.84 Å². The van der Waals surface area contributed by atoms with E-state index in [1.165, 1.54) is 0 Å². The second-order valence-electron chi connectivity index (χ2n) is 4.83. The molecule has 1 saturated heterocycles. The molecular weight excluding hydrogens is 316 g/mol. The standard InChI is InChI=1S/C12H17BrN2O2S/c1-15(10-4-5-18(16,17)8-10)7-9-2-3-12(14)11(13)6-9/h2-3,6,10H,4-5,7-8,14H2,1H3. The lowest BCUT2D eigenvalue weighted by Crippen LogP contribution is -2.32. The second-order valence-corrected chi connectivity index (χ2v) is 7.91. The molecule has 1 aromatic rings. The van der Waals surface area contributed by atoms with Gasteiger partial charge in [-0.1, -0.05) is 6.07 Å². The molecule has 0 aromatic heterocycles. The highest BCUT2D eigenvalue weighted by Gasteiger charge is 2.30. The van der Waals surface area contributed by atoms with Crippen LogP contribution in [0.25, 0.3) is 0 Å². The molecule has 4 nitrogen and oxygen atoms in total. The zero-order valence-electron chi connectivity index (χ0n) is 10.3. The maximum Gasteiger partial charge on any atom is 0.151 e. The van der Waals surface area contributed by atoms with Gasteiger partial charge in [0, 0.05) is 22.7 Å². The third kappa shape index (κ3) is 3.24. The van der Waals surface area contributed by atoms with Crippen LogP contribution in [0.1, 0.15) is 12.0 Å². The SMILES string of the molecule is CN(Cc1ccc(N)c(Br)c1)C1CCS(=O)(=O)C1. The van der Waals surface area contributed by atoms with Crippen LogP contribution in [0.15, 0.2) is 22.7 Å². The molecule has 0 spiro atoms. The largest absolute Gasteiger partial charge is 0.398 e. The van der Waals surface area contributed by atoms with Crippen molar-refractivity contribution in [2.24, 2.45) is 0 Å². The van der Waals surface area contributed by atoms with Crippen molar-refractivity contribution in [1.29, 1.82) is 0 Å². The van der Waals surface area contributed by atoms with Crippen LogP contribution >= 0.6 is 15.9 Å². The monoisotopic (exact) mass is 332 g/mol. The summed E-state index contributed by atoms with van der Waals surface area (Å²) in [6.07, 6.45) is 0.731. The van der Waals surface area contributed by atoms with Crippen LogP contribution in [0.2, 0.25) is 0 Å². The molecule has 1 heterocycles. The predicted octanol–water partition coefficient (Wildman–Crippen LogP) is 1.65. The van der Waals surface area contributed by atoms with Crippen LogP contribution < -0.4 is 5.73 Å². The number of nitrogen functional groups attached to an aromatic ring is 1. The molecule has 0 amide bonds. The smallest absolute Gasteiger partial charge is 0.151 e. The maximum absolute atomic E-state index is 11.4. The molecule has 2 N–H and O–H groups in total. The third-order valence-electron chi connectivity index (χ3n) is 3.33. The molecule has 1 atom stereocenters. The average Bonchev–Trinajstić information content (AvgIpc) is 2.64. The summed E-state index contributed by atoms with van der Waals surface area (Å²) in [7, 11) is -0.851. The van der Waals surface area contributed by atoms with E-state index in [-0.39, 0.29) is 11.8 Å². The number of hydrogen-bond donors (Lipinski definition) is 1. The van der Waals surface area contributed by atoms with Gasteiger partial charge in [-0.3, -0.25) is 4.90 Å². The number of sulfone groups is 1. The lowest BCUT2D eigenvalue weighted by molar-refractivity contribution is 0.254. The fourth-order valence-electron chi connectivity index (χ4n) is 2.21. The van der Waals surface area contributed by atoms with E-state index in [0.717, 1.165) is 23.0 Å². The van der Waals surface area contributed by atoms with E-state index >= 15 is 0 Å². The Morgan fingerprint density at radius 2 is 2.22 bits per heavy atom. The van der Waals surface area contributed by atoms with Crippen molar-refractivity contribution in [3.05, 3.63) is 28.2 Å². The number of anilines is 1. The number of rotatable bonds is 3. The summed E-state index contributed by atoms with van der Waals surface area (Å²) in [5.74, 6) is 0.590. The van der Waals surface area contributed by atoms with E-state index in [4.69, 9.17) is 5.73 Å². The molecule has 1 aromatic carbocycles. The fourth-order valence-corrected chi connectivity index (χ4v) is 4.44. The summed E-state index contributed by atoms with van der Waals surface area (Å²) in [6, 6.07) is 5.94. The Bertz CT molecular complexity index is 545. The molecule has 6 heteroatoms. The van der Waals surface area contributed by atoms with E-state index in [0.29, 0.717) is 11.4 Å². The summed E-state index contributed by atoms with van der Waals surface area (Å²) in [6.45, 7) is 0.735. The van der Waals surface area contributed by atoms with E-state index in [9.17, 15) is 8.42 Å². The normalized spacial score (nSPS) is 22.5. The minimum Gasteiger partial charge on any atom is -0.398 e. The second kappa shape index (κ2) is 5.19. The van der Waals surface area contributed by atoms with Crippen LogP contribution in [0.5, 0.6) is 0 Å². The average molecular weight is 333 g/mol. The maximum atomic E-state index is 11.4. The Kier molecular flexibility index (Phi) is 3.99. The van der Waals surface area contributed by atoms with E-state index in [2.05, 4.69) is 20.8 Å². The lowest BCUT2D eigenvalue weighted by Gasteiger charge is -2.23. The Labute approximate surface area is 116 Å². The number of nitrogens with two attached hydrogens (primary N) is 1. The zero-order chi connectivity index (χ0) is 13.3. The first-order valence-corrected chi connectivity index (χ1v) is 8.43. The van der Waals surface area contributed by atoms with Gasteiger partial charge in [-0.2, -0.15) is 0 Å². The minimum atomic E-state index is -2.82. The lowest BCUT2D eigenvalue weighted by atomic mass is 10.1. The van der Waals surface area contributed by atoms with Gasteiger partial charge >= 0.3 is 0 Å². The van der Waals surface area contributed by atoms with Crippen molar-refractivity contribution in [2.75, 3.05) is 24.3 Å².